The second-order valence-corrected chi connectivity index (χ2v) is 7.87. The molecule has 23 heavy (non-hydrogen) atoms. The van der Waals surface area contributed by atoms with Gasteiger partial charge < -0.3 is 4.90 Å². The Balaban J connectivity index is 1.52. The van der Waals surface area contributed by atoms with Crippen LogP contribution in [0.3, 0.4) is 0 Å². The van der Waals surface area contributed by atoms with Crippen LogP contribution in [0.4, 0.5) is 0 Å². The molecule has 2 unspecified atom stereocenters. The van der Waals surface area contributed by atoms with E-state index in [1.54, 1.807) is 11.3 Å². The Bertz CT molecular complexity index is 847. The smallest absolute Gasteiger partial charge is 0.0808 e. The summed E-state index contributed by atoms with van der Waals surface area (Å²) in [6.45, 7) is 3.78. The van der Waals surface area contributed by atoms with Crippen LogP contribution in [0.25, 0.3) is 21.3 Å². The first-order valence-electron chi connectivity index (χ1n) is 8.50. The van der Waals surface area contributed by atoms with Crippen LogP contribution in [0.5, 0.6) is 0 Å². The molecule has 5 rings (SSSR count). The standard InChI is InChI=1S/C20H20N2S/c1-2-5-17-15(4-1)13-23-19(17)18-7-6-16(12-21-18)20-8-3-10-22(14-20)11-9-20/h1-2,4-7,12-13H,3,8-11,14H2. The van der Waals surface area contributed by atoms with Gasteiger partial charge in [-0.15, -0.1) is 11.3 Å². The summed E-state index contributed by atoms with van der Waals surface area (Å²) in [5, 5.41) is 4.87. The highest BCUT2D eigenvalue weighted by molar-refractivity contribution is 7.15. The van der Waals surface area contributed by atoms with Gasteiger partial charge in [-0.25, -0.2) is 0 Å². The molecule has 2 bridgehead atoms. The molecule has 0 radical (unpaired) electrons. The molecule has 0 spiro atoms. The van der Waals surface area contributed by atoms with Crippen molar-refractivity contribution >= 4 is 22.1 Å². The summed E-state index contributed by atoms with van der Waals surface area (Å²) in [4.78, 5) is 8.76. The Morgan fingerprint density at radius 3 is 2.91 bits per heavy atom. The van der Waals surface area contributed by atoms with Crippen LogP contribution in [0.1, 0.15) is 24.8 Å². The number of pyridine rings is 1. The number of piperidine rings is 1. The van der Waals surface area contributed by atoms with Crippen molar-refractivity contribution in [1.82, 2.24) is 9.88 Å². The van der Waals surface area contributed by atoms with Gasteiger partial charge in [0.15, 0.2) is 0 Å². The van der Waals surface area contributed by atoms with Crippen molar-refractivity contribution in [2.75, 3.05) is 19.6 Å². The summed E-state index contributed by atoms with van der Waals surface area (Å²) in [6, 6.07) is 13.2. The summed E-state index contributed by atoms with van der Waals surface area (Å²) in [5.41, 5.74) is 2.94. The third-order valence-corrected chi connectivity index (χ3v) is 6.72. The van der Waals surface area contributed by atoms with E-state index >= 15 is 0 Å². The Kier molecular flexibility index (Phi) is 3.07. The van der Waals surface area contributed by atoms with Crippen LogP contribution in [-0.4, -0.2) is 29.5 Å². The lowest BCUT2D eigenvalue weighted by Crippen LogP contribution is -2.36. The average Bonchev–Trinajstić information content (AvgIpc) is 3.17. The molecule has 0 aliphatic carbocycles. The van der Waals surface area contributed by atoms with Crippen molar-refractivity contribution in [2.24, 2.45) is 0 Å². The lowest BCUT2D eigenvalue weighted by molar-refractivity contribution is 0.243. The Morgan fingerprint density at radius 2 is 2.00 bits per heavy atom. The number of hydrogen-bond donors (Lipinski definition) is 0. The molecular formula is C20H20N2S. The predicted molar refractivity (Wildman–Crippen MR) is 97.0 cm³/mol. The van der Waals surface area contributed by atoms with E-state index < -0.39 is 0 Å². The first-order valence-corrected chi connectivity index (χ1v) is 9.38. The van der Waals surface area contributed by atoms with Crippen LogP contribution in [-0.2, 0) is 5.41 Å². The zero-order valence-corrected chi connectivity index (χ0v) is 14.0. The van der Waals surface area contributed by atoms with E-state index in [-0.39, 0.29) is 0 Å². The van der Waals surface area contributed by atoms with Crippen molar-refractivity contribution in [3.05, 3.63) is 53.5 Å². The fraction of sp³-hybridized carbons (Fsp3) is 0.350. The molecule has 2 fully saturated rings. The molecule has 2 nitrogen and oxygen atoms in total. The van der Waals surface area contributed by atoms with Gasteiger partial charge in [-0.2, -0.15) is 0 Å². The van der Waals surface area contributed by atoms with Crippen molar-refractivity contribution in [3.63, 3.8) is 0 Å². The van der Waals surface area contributed by atoms with Gasteiger partial charge in [0.05, 0.1) is 10.6 Å². The number of benzene rings is 1. The zero-order chi connectivity index (χ0) is 15.3. The van der Waals surface area contributed by atoms with Crippen LogP contribution in [0.15, 0.2) is 48.0 Å². The van der Waals surface area contributed by atoms with Gasteiger partial charge in [-0.05, 0) is 54.7 Å². The van der Waals surface area contributed by atoms with Crippen molar-refractivity contribution in [2.45, 2.75) is 24.7 Å². The molecule has 2 aliphatic rings. The van der Waals surface area contributed by atoms with Crippen LogP contribution >= 0.6 is 11.3 Å². The number of hydrogen-bond acceptors (Lipinski definition) is 3. The van der Waals surface area contributed by atoms with E-state index in [1.165, 1.54) is 60.1 Å². The Hall–Kier alpha value is -1.71. The van der Waals surface area contributed by atoms with E-state index in [0.29, 0.717) is 5.41 Å². The number of thiophene rings is 1. The highest BCUT2D eigenvalue weighted by atomic mass is 32.1. The molecular weight excluding hydrogens is 300 g/mol. The highest BCUT2D eigenvalue weighted by Crippen LogP contribution is 2.42. The topological polar surface area (TPSA) is 16.1 Å². The fourth-order valence-electron chi connectivity index (χ4n) is 4.41. The summed E-state index contributed by atoms with van der Waals surface area (Å²) in [6.07, 6.45) is 6.11. The van der Waals surface area contributed by atoms with E-state index in [9.17, 15) is 0 Å². The number of aromatic nitrogens is 1. The van der Waals surface area contributed by atoms with Gasteiger partial charge in [0.2, 0.25) is 0 Å². The van der Waals surface area contributed by atoms with Crippen molar-refractivity contribution in [1.29, 1.82) is 0 Å². The average molecular weight is 320 g/mol. The number of rotatable bonds is 2. The maximum Gasteiger partial charge on any atom is 0.0808 e. The molecule has 3 heteroatoms. The molecule has 2 atom stereocenters. The molecule has 0 N–H and O–H groups in total. The first kappa shape index (κ1) is 13.7. The highest BCUT2D eigenvalue weighted by Gasteiger charge is 2.42. The molecule has 2 aromatic heterocycles. The van der Waals surface area contributed by atoms with Gasteiger partial charge in [-0.1, -0.05) is 30.3 Å². The summed E-state index contributed by atoms with van der Waals surface area (Å²) >= 11 is 1.80. The van der Waals surface area contributed by atoms with Gasteiger partial charge >= 0.3 is 0 Å². The van der Waals surface area contributed by atoms with E-state index in [2.05, 4.69) is 52.9 Å². The predicted octanol–water partition coefficient (Wildman–Crippen LogP) is 4.70. The molecule has 1 aromatic carbocycles. The number of fused-ring (bicyclic) bond motifs is 3. The summed E-state index contributed by atoms with van der Waals surface area (Å²) in [5.74, 6) is 0. The van der Waals surface area contributed by atoms with Crippen LogP contribution in [0, 0.1) is 0 Å². The lowest BCUT2D eigenvalue weighted by Gasteiger charge is -2.34. The second-order valence-electron chi connectivity index (χ2n) is 6.99. The minimum atomic E-state index is 0.376. The van der Waals surface area contributed by atoms with Crippen LogP contribution in [0.2, 0.25) is 0 Å². The third kappa shape index (κ3) is 2.14. The third-order valence-electron chi connectivity index (χ3n) is 5.68. The molecule has 0 amide bonds. The molecule has 116 valence electrons. The molecule has 2 saturated heterocycles. The largest absolute Gasteiger partial charge is 0.302 e. The fourth-order valence-corrected chi connectivity index (χ4v) is 5.41. The molecule has 0 saturated carbocycles. The molecule has 2 aliphatic heterocycles. The van der Waals surface area contributed by atoms with Gasteiger partial charge in [0, 0.05) is 23.5 Å². The SMILES string of the molecule is c1ccc2c(-c3ccc(C45CCCN(CC4)C5)cn3)scc2c1. The van der Waals surface area contributed by atoms with Gasteiger partial charge in [0.1, 0.15) is 0 Å². The number of nitrogens with zero attached hydrogens (tertiary/aromatic N) is 2. The Morgan fingerprint density at radius 1 is 1.04 bits per heavy atom. The Labute approximate surface area is 140 Å². The van der Waals surface area contributed by atoms with Crippen LogP contribution < -0.4 is 0 Å². The minimum absolute atomic E-state index is 0.376. The normalized spacial score (nSPS) is 26.7. The second kappa shape index (κ2) is 5.15. The molecule has 4 heterocycles. The van der Waals surface area contributed by atoms with Gasteiger partial charge in [0.25, 0.3) is 0 Å². The van der Waals surface area contributed by atoms with E-state index in [1.807, 2.05) is 0 Å². The lowest BCUT2D eigenvalue weighted by atomic mass is 9.75. The van der Waals surface area contributed by atoms with Gasteiger partial charge in [-0.3, -0.25) is 4.98 Å². The zero-order valence-electron chi connectivity index (χ0n) is 13.2. The molecule has 3 aromatic rings. The minimum Gasteiger partial charge on any atom is -0.302 e. The monoisotopic (exact) mass is 320 g/mol. The first-order chi connectivity index (χ1) is 11.3. The quantitative estimate of drug-likeness (QED) is 0.680. The maximum absolute atomic E-state index is 4.85. The van der Waals surface area contributed by atoms with E-state index in [4.69, 9.17) is 4.98 Å². The summed E-state index contributed by atoms with van der Waals surface area (Å²) < 4.78 is 0. The summed E-state index contributed by atoms with van der Waals surface area (Å²) in [7, 11) is 0. The van der Waals surface area contributed by atoms with Crippen molar-refractivity contribution in [3.8, 4) is 10.6 Å². The van der Waals surface area contributed by atoms with E-state index in [0.717, 1.165) is 5.69 Å². The maximum atomic E-state index is 4.85. The van der Waals surface area contributed by atoms with Crippen molar-refractivity contribution < 1.29 is 0 Å².